The lowest BCUT2D eigenvalue weighted by molar-refractivity contribution is -0.142. The van der Waals surface area contributed by atoms with Gasteiger partial charge in [0, 0.05) is 23.1 Å². The Labute approximate surface area is 207 Å². The van der Waals surface area contributed by atoms with E-state index in [0.29, 0.717) is 27.9 Å². The summed E-state index contributed by atoms with van der Waals surface area (Å²) >= 11 is 12.3. The summed E-state index contributed by atoms with van der Waals surface area (Å²) in [5.74, 6) is 0.0800. The minimum Gasteiger partial charge on any atom is -0.484 e. The predicted molar refractivity (Wildman–Crippen MR) is 135 cm³/mol. The van der Waals surface area contributed by atoms with Crippen molar-refractivity contribution in [1.29, 1.82) is 0 Å². The molecule has 0 spiro atoms. The molecule has 1 atom stereocenters. The van der Waals surface area contributed by atoms with Crippen LogP contribution in [0.15, 0.2) is 42.5 Å². The third-order valence-corrected chi connectivity index (χ3v) is 6.02. The average Bonchev–Trinajstić information content (AvgIpc) is 2.76. The van der Waals surface area contributed by atoms with E-state index in [0.717, 1.165) is 12.8 Å². The Hall–Kier alpha value is -2.24. The number of nitrogens with zero attached hydrogens (tertiary/aromatic N) is 1. The lowest BCUT2D eigenvalue weighted by Gasteiger charge is -2.29. The fourth-order valence-corrected chi connectivity index (χ4v) is 3.70. The largest absolute Gasteiger partial charge is 0.484 e. The second-order valence-electron chi connectivity index (χ2n) is 9.14. The van der Waals surface area contributed by atoms with Crippen LogP contribution in [0.25, 0.3) is 0 Å². The standard InChI is InChI=1S/C26H34Cl2N2O3/c1-6-7-14-29-25(32)18(2)30(16-19-8-11-21(27)15-23(19)28)24(31)17-33-22-12-9-20(10-13-22)26(3,4)5/h8-13,15,18H,6-7,14,16-17H2,1-5H3,(H,29,32). The summed E-state index contributed by atoms with van der Waals surface area (Å²) in [6, 6.07) is 12.1. The molecule has 0 aromatic heterocycles. The molecule has 0 saturated heterocycles. The van der Waals surface area contributed by atoms with E-state index in [2.05, 4.69) is 33.0 Å². The van der Waals surface area contributed by atoms with Crippen molar-refractivity contribution in [3.63, 3.8) is 0 Å². The third-order valence-electron chi connectivity index (χ3n) is 5.44. The van der Waals surface area contributed by atoms with Crippen LogP contribution in [-0.2, 0) is 21.5 Å². The van der Waals surface area contributed by atoms with Crippen LogP contribution in [0.2, 0.25) is 10.0 Å². The van der Waals surface area contributed by atoms with Gasteiger partial charge in [-0.2, -0.15) is 0 Å². The van der Waals surface area contributed by atoms with Crippen molar-refractivity contribution in [3.05, 3.63) is 63.6 Å². The number of carbonyl (C=O) groups is 2. The molecule has 0 bridgehead atoms. The molecule has 0 aliphatic heterocycles. The van der Waals surface area contributed by atoms with Gasteiger partial charge in [-0.1, -0.05) is 75.5 Å². The molecule has 2 amide bonds. The number of amides is 2. The van der Waals surface area contributed by atoms with E-state index in [-0.39, 0.29) is 30.4 Å². The maximum atomic E-state index is 13.2. The number of halogens is 2. The summed E-state index contributed by atoms with van der Waals surface area (Å²) in [4.78, 5) is 27.3. The number of hydrogen-bond acceptors (Lipinski definition) is 3. The van der Waals surface area contributed by atoms with Crippen LogP contribution >= 0.6 is 23.2 Å². The van der Waals surface area contributed by atoms with Gasteiger partial charge in [0.25, 0.3) is 5.91 Å². The van der Waals surface area contributed by atoms with Gasteiger partial charge in [-0.05, 0) is 54.2 Å². The van der Waals surface area contributed by atoms with E-state index in [1.165, 1.54) is 10.5 Å². The molecule has 1 unspecified atom stereocenters. The molecule has 2 aromatic carbocycles. The smallest absolute Gasteiger partial charge is 0.261 e. The zero-order valence-electron chi connectivity index (χ0n) is 20.1. The van der Waals surface area contributed by atoms with E-state index >= 15 is 0 Å². The Morgan fingerprint density at radius 1 is 1.09 bits per heavy atom. The summed E-state index contributed by atoms with van der Waals surface area (Å²) in [7, 11) is 0. The molecule has 0 aliphatic rings. The summed E-state index contributed by atoms with van der Waals surface area (Å²) in [6.45, 7) is 10.7. The van der Waals surface area contributed by atoms with Crippen LogP contribution in [0.4, 0.5) is 0 Å². The van der Waals surface area contributed by atoms with E-state index in [1.807, 2.05) is 24.3 Å². The first-order chi connectivity index (χ1) is 15.5. The number of carbonyl (C=O) groups excluding carboxylic acids is 2. The number of benzene rings is 2. The van der Waals surface area contributed by atoms with Crippen molar-refractivity contribution >= 4 is 35.0 Å². The molecule has 0 saturated carbocycles. The third kappa shape index (κ3) is 8.24. The Morgan fingerprint density at radius 2 is 1.76 bits per heavy atom. The highest BCUT2D eigenvalue weighted by atomic mass is 35.5. The molecule has 33 heavy (non-hydrogen) atoms. The van der Waals surface area contributed by atoms with Gasteiger partial charge in [0.2, 0.25) is 5.91 Å². The second-order valence-corrected chi connectivity index (χ2v) is 9.98. The first-order valence-corrected chi connectivity index (χ1v) is 12.0. The van der Waals surface area contributed by atoms with Crippen molar-refractivity contribution in [2.24, 2.45) is 0 Å². The first kappa shape index (κ1) is 27.0. The van der Waals surface area contributed by atoms with Gasteiger partial charge in [-0.15, -0.1) is 0 Å². The minimum atomic E-state index is -0.687. The Bertz CT molecular complexity index is 940. The van der Waals surface area contributed by atoms with Gasteiger partial charge in [-0.25, -0.2) is 0 Å². The topological polar surface area (TPSA) is 58.6 Å². The van der Waals surface area contributed by atoms with Gasteiger partial charge in [0.05, 0.1) is 0 Å². The van der Waals surface area contributed by atoms with Crippen molar-refractivity contribution in [2.75, 3.05) is 13.2 Å². The van der Waals surface area contributed by atoms with Crippen molar-refractivity contribution in [3.8, 4) is 5.75 Å². The van der Waals surface area contributed by atoms with Gasteiger partial charge < -0.3 is 15.0 Å². The average molecular weight is 493 g/mol. The van der Waals surface area contributed by atoms with Crippen molar-refractivity contribution < 1.29 is 14.3 Å². The number of nitrogens with one attached hydrogen (secondary N) is 1. The molecule has 0 aliphatic carbocycles. The van der Waals surface area contributed by atoms with Crippen LogP contribution in [-0.4, -0.2) is 35.9 Å². The van der Waals surface area contributed by atoms with Gasteiger partial charge in [0.15, 0.2) is 6.61 Å². The Kier molecular flexibility index (Phi) is 10.1. The minimum absolute atomic E-state index is 0.0313. The summed E-state index contributed by atoms with van der Waals surface area (Å²) in [5, 5.41) is 3.85. The van der Waals surface area contributed by atoms with Crippen LogP contribution < -0.4 is 10.1 Å². The fourth-order valence-electron chi connectivity index (χ4n) is 3.23. The predicted octanol–water partition coefficient (Wildman–Crippen LogP) is 6.00. The molecule has 1 N–H and O–H groups in total. The maximum absolute atomic E-state index is 13.2. The summed E-state index contributed by atoms with van der Waals surface area (Å²) in [6.07, 6.45) is 1.85. The SMILES string of the molecule is CCCCNC(=O)C(C)N(Cc1ccc(Cl)cc1Cl)C(=O)COc1ccc(C(C)(C)C)cc1. The van der Waals surface area contributed by atoms with Crippen molar-refractivity contribution in [2.45, 2.75) is 65.5 Å². The quantitative estimate of drug-likeness (QED) is 0.413. The number of hydrogen-bond donors (Lipinski definition) is 1. The zero-order chi connectivity index (χ0) is 24.6. The normalized spacial score (nSPS) is 12.2. The first-order valence-electron chi connectivity index (χ1n) is 11.3. The van der Waals surface area contributed by atoms with E-state index in [4.69, 9.17) is 27.9 Å². The summed E-state index contributed by atoms with van der Waals surface area (Å²) < 4.78 is 5.75. The maximum Gasteiger partial charge on any atom is 0.261 e. The molecule has 2 rings (SSSR count). The van der Waals surface area contributed by atoms with Crippen LogP contribution in [0.3, 0.4) is 0 Å². The number of ether oxygens (including phenoxy) is 1. The lowest BCUT2D eigenvalue weighted by atomic mass is 9.87. The highest BCUT2D eigenvalue weighted by Gasteiger charge is 2.27. The molecule has 2 aromatic rings. The summed E-state index contributed by atoms with van der Waals surface area (Å²) in [5.41, 5.74) is 1.92. The van der Waals surface area contributed by atoms with Gasteiger partial charge in [0.1, 0.15) is 11.8 Å². The molecule has 180 valence electrons. The van der Waals surface area contributed by atoms with Crippen LogP contribution in [0.1, 0.15) is 58.6 Å². The van der Waals surface area contributed by atoms with Crippen LogP contribution in [0.5, 0.6) is 5.75 Å². The zero-order valence-corrected chi connectivity index (χ0v) is 21.6. The van der Waals surface area contributed by atoms with Gasteiger partial charge in [-0.3, -0.25) is 9.59 Å². The molecule has 5 nitrogen and oxygen atoms in total. The number of rotatable bonds is 10. The Morgan fingerprint density at radius 3 is 2.33 bits per heavy atom. The lowest BCUT2D eigenvalue weighted by Crippen LogP contribution is -2.49. The molecule has 7 heteroatoms. The van der Waals surface area contributed by atoms with Crippen LogP contribution in [0, 0.1) is 0 Å². The van der Waals surface area contributed by atoms with E-state index < -0.39 is 6.04 Å². The highest BCUT2D eigenvalue weighted by molar-refractivity contribution is 6.35. The molecular formula is C26H34Cl2N2O3. The molecule has 0 fully saturated rings. The van der Waals surface area contributed by atoms with Crippen molar-refractivity contribution in [1.82, 2.24) is 10.2 Å². The molecule has 0 radical (unpaired) electrons. The van der Waals surface area contributed by atoms with E-state index in [9.17, 15) is 9.59 Å². The molecule has 0 heterocycles. The number of unbranched alkanes of at least 4 members (excludes halogenated alkanes) is 1. The molecular weight excluding hydrogens is 459 g/mol. The Balaban J connectivity index is 2.15. The van der Waals surface area contributed by atoms with E-state index in [1.54, 1.807) is 25.1 Å². The van der Waals surface area contributed by atoms with Gasteiger partial charge >= 0.3 is 0 Å². The fraction of sp³-hybridized carbons (Fsp3) is 0.462. The second kappa shape index (κ2) is 12.3. The monoisotopic (exact) mass is 492 g/mol. The highest BCUT2D eigenvalue weighted by Crippen LogP contribution is 2.25.